The average Bonchev–Trinajstić information content (AvgIpc) is 3.15. The number of hydrogen-bond acceptors (Lipinski definition) is 6. The predicted molar refractivity (Wildman–Crippen MR) is 141 cm³/mol. The fourth-order valence-corrected chi connectivity index (χ4v) is 4.52. The summed E-state index contributed by atoms with van der Waals surface area (Å²) in [7, 11) is 1.57. The first-order valence-corrected chi connectivity index (χ1v) is 12.3. The summed E-state index contributed by atoms with van der Waals surface area (Å²) in [5.41, 5.74) is 1.62. The molecule has 1 amide bonds. The van der Waals surface area contributed by atoms with Crippen molar-refractivity contribution in [3.8, 4) is 17.2 Å². The molecule has 37 heavy (non-hydrogen) atoms. The minimum absolute atomic E-state index is 0.0433. The van der Waals surface area contributed by atoms with Gasteiger partial charge in [-0.25, -0.2) is 0 Å². The van der Waals surface area contributed by atoms with E-state index in [1.807, 2.05) is 26.0 Å². The summed E-state index contributed by atoms with van der Waals surface area (Å²) in [4.78, 5) is 28.1. The third-order valence-corrected chi connectivity index (χ3v) is 6.39. The summed E-state index contributed by atoms with van der Waals surface area (Å²) in [6.07, 6.45) is 0. The number of hydrogen-bond donors (Lipinski definition) is 1. The van der Waals surface area contributed by atoms with E-state index >= 15 is 0 Å². The summed E-state index contributed by atoms with van der Waals surface area (Å²) >= 11 is 6.41. The normalized spacial score (nSPS) is 16.6. The molecule has 1 fully saturated rings. The second kappa shape index (κ2) is 11.4. The zero-order valence-corrected chi connectivity index (χ0v) is 21.6. The Labute approximate surface area is 220 Å². The lowest BCUT2D eigenvalue weighted by Crippen LogP contribution is -2.29. The fraction of sp³-hybridized carbons (Fsp3) is 0.241. The van der Waals surface area contributed by atoms with Gasteiger partial charge in [0.2, 0.25) is 0 Å². The molecule has 1 saturated heterocycles. The van der Waals surface area contributed by atoms with Crippen LogP contribution in [-0.2, 0) is 16.1 Å². The van der Waals surface area contributed by atoms with Gasteiger partial charge < -0.3 is 24.2 Å². The van der Waals surface area contributed by atoms with Crippen LogP contribution in [0.1, 0.15) is 36.6 Å². The van der Waals surface area contributed by atoms with Crippen molar-refractivity contribution in [1.29, 1.82) is 0 Å². The van der Waals surface area contributed by atoms with Crippen LogP contribution in [0, 0.1) is 0 Å². The van der Waals surface area contributed by atoms with Crippen LogP contribution in [0.4, 0.5) is 0 Å². The molecular formula is C29H28ClNO6. The molecular weight excluding hydrogens is 494 g/mol. The molecule has 8 heteroatoms. The van der Waals surface area contributed by atoms with E-state index in [4.69, 9.17) is 25.8 Å². The number of amides is 1. The zero-order valence-electron chi connectivity index (χ0n) is 20.9. The lowest BCUT2D eigenvalue weighted by molar-refractivity contribution is -0.140. The average molecular weight is 522 g/mol. The highest BCUT2D eigenvalue weighted by Crippen LogP contribution is 2.42. The van der Waals surface area contributed by atoms with Crippen LogP contribution in [0.5, 0.6) is 17.2 Å². The Morgan fingerprint density at radius 3 is 2.11 bits per heavy atom. The lowest BCUT2D eigenvalue weighted by atomic mass is 9.95. The van der Waals surface area contributed by atoms with Gasteiger partial charge in [0.05, 0.1) is 37.0 Å². The number of halogens is 1. The molecule has 0 saturated carbocycles. The Morgan fingerprint density at radius 2 is 1.49 bits per heavy atom. The third-order valence-electron chi connectivity index (χ3n) is 6.06. The number of likely N-dealkylation sites (tertiary alicyclic amines) is 1. The van der Waals surface area contributed by atoms with E-state index in [9.17, 15) is 14.7 Å². The van der Waals surface area contributed by atoms with Crippen molar-refractivity contribution in [3.05, 3.63) is 94.0 Å². The molecule has 1 unspecified atom stereocenters. The second-order valence-corrected chi connectivity index (χ2v) is 8.76. The van der Waals surface area contributed by atoms with Crippen molar-refractivity contribution in [3.63, 3.8) is 0 Å². The summed E-state index contributed by atoms with van der Waals surface area (Å²) in [5.74, 6) is -0.0424. The first-order valence-electron chi connectivity index (χ1n) is 11.9. The number of carbonyl (C=O) groups is 2. The maximum absolute atomic E-state index is 13.4. The first-order chi connectivity index (χ1) is 17.9. The number of methoxy groups -OCH3 is 1. The van der Waals surface area contributed by atoms with E-state index in [0.29, 0.717) is 36.0 Å². The topological polar surface area (TPSA) is 85.3 Å². The van der Waals surface area contributed by atoms with Crippen LogP contribution in [0.25, 0.3) is 5.76 Å². The van der Waals surface area contributed by atoms with E-state index < -0.39 is 17.7 Å². The fourth-order valence-electron chi connectivity index (χ4n) is 4.32. The Bertz CT molecular complexity index is 1320. The molecule has 1 aliphatic heterocycles. The number of nitrogens with zero attached hydrogens (tertiary/aromatic N) is 1. The number of ether oxygens (including phenoxy) is 3. The molecule has 1 aliphatic rings. The highest BCUT2D eigenvalue weighted by molar-refractivity contribution is 6.47. The standard InChI is InChI=1S/C29H28ClNO6/c1-4-36-21-12-8-19(9-13-21)26-25(27(32)23-16-22(37-5-2)14-15-24(23)30)28(33)29(34)31(26)17-18-6-10-20(35-3)11-7-18/h6-16,26,32H,4-5,17H2,1-3H3/b27-25+. The molecule has 3 aromatic carbocycles. The van der Waals surface area contributed by atoms with E-state index in [-0.39, 0.29) is 28.5 Å². The van der Waals surface area contributed by atoms with E-state index in [1.54, 1.807) is 61.7 Å². The predicted octanol–water partition coefficient (Wildman–Crippen LogP) is 5.77. The van der Waals surface area contributed by atoms with Crippen molar-refractivity contribution in [2.45, 2.75) is 26.4 Å². The van der Waals surface area contributed by atoms with Gasteiger partial charge in [-0.15, -0.1) is 0 Å². The number of Topliss-reactive ketones (excluding diaryl/α,β-unsaturated/α-hetero) is 1. The largest absolute Gasteiger partial charge is 0.507 e. The van der Waals surface area contributed by atoms with Gasteiger partial charge in [0.15, 0.2) is 0 Å². The summed E-state index contributed by atoms with van der Waals surface area (Å²) < 4.78 is 16.3. The molecule has 0 bridgehead atoms. The zero-order chi connectivity index (χ0) is 26.5. The van der Waals surface area contributed by atoms with Crippen molar-refractivity contribution in [2.75, 3.05) is 20.3 Å². The molecule has 192 valence electrons. The second-order valence-electron chi connectivity index (χ2n) is 8.35. The van der Waals surface area contributed by atoms with Crippen molar-refractivity contribution < 1.29 is 28.9 Å². The third kappa shape index (κ3) is 5.42. The Kier molecular flexibility index (Phi) is 8.04. The van der Waals surface area contributed by atoms with Gasteiger partial charge in [0.1, 0.15) is 23.0 Å². The van der Waals surface area contributed by atoms with Gasteiger partial charge in [-0.2, -0.15) is 0 Å². The minimum atomic E-state index is -0.843. The molecule has 7 nitrogen and oxygen atoms in total. The molecule has 4 rings (SSSR count). The number of carbonyl (C=O) groups excluding carboxylic acids is 2. The minimum Gasteiger partial charge on any atom is -0.507 e. The van der Waals surface area contributed by atoms with Crippen LogP contribution >= 0.6 is 11.6 Å². The van der Waals surface area contributed by atoms with Crippen molar-refractivity contribution in [1.82, 2.24) is 4.90 Å². The maximum atomic E-state index is 13.4. The molecule has 1 N–H and O–H groups in total. The van der Waals surface area contributed by atoms with Crippen molar-refractivity contribution >= 4 is 29.1 Å². The van der Waals surface area contributed by atoms with E-state index in [1.165, 1.54) is 4.90 Å². The van der Waals surface area contributed by atoms with Crippen LogP contribution < -0.4 is 14.2 Å². The summed E-state index contributed by atoms with van der Waals surface area (Å²) in [6, 6.07) is 18.3. The molecule has 0 spiro atoms. The molecule has 0 radical (unpaired) electrons. The van der Waals surface area contributed by atoms with Gasteiger partial charge in [0, 0.05) is 12.1 Å². The van der Waals surface area contributed by atoms with Crippen molar-refractivity contribution in [2.24, 2.45) is 0 Å². The monoisotopic (exact) mass is 521 g/mol. The number of aliphatic hydroxyl groups is 1. The summed E-state index contributed by atoms with van der Waals surface area (Å²) in [6.45, 7) is 4.79. The highest BCUT2D eigenvalue weighted by atomic mass is 35.5. The van der Waals surface area contributed by atoms with Crippen LogP contribution in [-0.4, -0.2) is 42.0 Å². The van der Waals surface area contributed by atoms with E-state index in [0.717, 1.165) is 5.56 Å². The maximum Gasteiger partial charge on any atom is 0.295 e. The molecule has 3 aromatic rings. The Morgan fingerprint density at radius 1 is 0.892 bits per heavy atom. The SMILES string of the molecule is CCOc1ccc(C2/C(=C(\O)c3cc(OCC)ccc3Cl)C(=O)C(=O)N2Cc2ccc(OC)cc2)cc1. The first kappa shape index (κ1) is 26.1. The van der Waals surface area contributed by atoms with Crippen LogP contribution in [0.2, 0.25) is 5.02 Å². The summed E-state index contributed by atoms with van der Waals surface area (Å²) in [5, 5.41) is 11.6. The van der Waals surface area contributed by atoms with Crippen LogP contribution in [0.15, 0.2) is 72.3 Å². The highest BCUT2D eigenvalue weighted by Gasteiger charge is 2.46. The van der Waals surface area contributed by atoms with Gasteiger partial charge in [0.25, 0.3) is 11.7 Å². The Balaban J connectivity index is 1.84. The molecule has 1 atom stereocenters. The van der Waals surface area contributed by atoms with Gasteiger partial charge >= 0.3 is 0 Å². The van der Waals surface area contributed by atoms with Gasteiger partial charge in [-0.05, 0) is 67.4 Å². The van der Waals surface area contributed by atoms with Gasteiger partial charge in [-0.3, -0.25) is 9.59 Å². The van der Waals surface area contributed by atoms with Crippen LogP contribution in [0.3, 0.4) is 0 Å². The number of benzene rings is 3. The number of aliphatic hydroxyl groups excluding tert-OH is 1. The number of ketones is 1. The number of rotatable bonds is 9. The van der Waals surface area contributed by atoms with Gasteiger partial charge in [-0.1, -0.05) is 35.9 Å². The molecule has 0 aromatic heterocycles. The van der Waals surface area contributed by atoms with E-state index in [2.05, 4.69) is 0 Å². The Hall–Kier alpha value is -3.97. The molecule has 0 aliphatic carbocycles. The lowest BCUT2D eigenvalue weighted by Gasteiger charge is -2.26. The molecule has 1 heterocycles. The quantitative estimate of drug-likeness (QED) is 0.219. The smallest absolute Gasteiger partial charge is 0.295 e.